The summed E-state index contributed by atoms with van der Waals surface area (Å²) in [7, 11) is 0. The van der Waals surface area contributed by atoms with Crippen molar-refractivity contribution in [3.8, 4) is 5.69 Å². The second-order valence-corrected chi connectivity index (χ2v) is 12.1. The number of benzene rings is 2. The molecular formula is C32H40N6O. The van der Waals surface area contributed by atoms with Gasteiger partial charge >= 0.3 is 0 Å². The van der Waals surface area contributed by atoms with Crippen molar-refractivity contribution in [1.29, 1.82) is 0 Å². The van der Waals surface area contributed by atoms with Gasteiger partial charge in [0.15, 0.2) is 5.65 Å². The summed E-state index contributed by atoms with van der Waals surface area (Å²) in [6.45, 7) is 13.8. The van der Waals surface area contributed by atoms with E-state index in [2.05, 4.69) is 56.9 Å². The third-order valence-corrected chi connectivity index (χ3v) is 7.35. The van der Waals surface area contributed by atoms with Crippen LogP contribution >= 0.6 is 0 Å². The van der Waals surface area contributed by atoms with Crippen molar-refractivity contribution in [3.05, 3.63) is 77.7 Å². The summed E-state index contributed by atoms with van der Waals surface area (Å²) in [5.41, 5.74) is 4.11. The fourth-order valence-corrected chi connectivity index (χ4v) is 5.75. The fourth-order valence-electron chi connectivity index (χ4n) is 5.75. The van der Waals surface area contributed by atoms with E-state index in [1.807, 2.05) is 52.9 Å². The monoisotopic (exact) mass is 524 g/mol. The van der Waals surface area contributed by atoms with Crippen LogP contribution in [0, 0.1) is 18.3 Å². The van der Waals surface area contributed by atoms with Crippen molar-refractivity contribution in [1.82, 2.24) is 24.6 Å². The van der Waals surface area contributed by atoms with Crippen molar-refractivity contribution >= 4 is 22.8 Å². The predicted octanol–water partition coefficient (Wildman–Crippen LogP) is 5.83. The molecule has 4 aromatic rings. The summed E-state index contributed by atoms with van der Waals surface area (Å²) in [5.74, 6) is 2.33. The van der Waals surface area contributed by atoms with E-state index in [1.165, 1.54) is 5.56 Å². The molecule has 0 spiro atoms. The lowest BCUT2D eigenvalue weighted by Gasteiger charge is -2.36. The highest BCUT2D eigenvalue weighted by atomic mass is 16.2. The summed E-state index contributed by atoms with van der Waals surface area (Å²) >= 11 is 0. The van der Waals surface area contributed by atoms with Crippen LogP contribution in [0.4, 0.5) is 5.82 Å². The van der Waals surface area contributed by atoms with Crippen molar-refractivity contribution < 1.29 is 4.79 Å². The lowest BCUT2D eigenvalue weighted by molar-refractivity contribution is -0.132. The summed E-state index contributed by atoms with van der Waals surface area (Å²) in [6, 6.07) is 20.5. The van der Waals surface area contributed by atoms with Crippen LogP contribution in [0.25, 0.3) is 16.7 Å². The lowest BCUT2D eigenvalue weighted by Crippen LogP contribution is -2.49. The minimum atomic E-state index is 0.232. The number of anilines is 1. The first-order valence-electron chi connectivity index (χ1n) is 14.1. The smallest absolute Gasteiger partial charge is 0.222 e. The number of aryl methyl sites for hydroxylation is 1. The van der Waals surface area contributed by atoms with E-state index in [0.29, 0.717) is 31.8 Å². The number of hydrogen-bond acceptors (Lipinski definition) is 5. The third-order valence-electron chi connectivity index (χ3n) is 7.35. The Kier molecular flexibility index (Phi) is 7.69. The highest BCUT2D eigenvalue weighted by molar-refractivity contribution is 5.91. The van der Waals surface area contributed by atoms with Gasteiger partial charge in [0, 0.05) is 39.0 Å². The molecule has 0 bridgehead atoms. The molecule has 1 unspecified atom stereocenters. The molecule has 1 aliphatic heterocycles. The molecule has 2 aromatic heterocycles. The van der Waals surface area contributed by atoms with Gasteiger partial charge in [-0.05, 0) is 42.4 Å². The largest absolute Gasteiger partial charge is 0.352 e. The molecule has 204 valence electrons. The number of para-hydroxylation sites is 1. The van der Waals surface area contributed by atoms with Crippen LogP contribution < -0.4 is 4.90 Å². The second kappa shape index (κ2) is 11.2. The molecule has 1 amide bonds. The second-order valence-electron chi connectivity index (χ2n) is 12.1. The molecule has 7 heteroatoms. The molecule has 1 saturated heterocycles. The SMILES string of the molecule is Cc1nn(-c2ccccc2)c2nc(Cc3ccccc3)nc(N3CCN(C(=O)CC(C)CC(C)(C)C)CC3)c12. The molecule has 1 fully saturated rings. The van der Waals surface area contributed by atoms with Gasteiger partial charge in [-0.25, -0.2) is 14.6 Å². The first kappa shape index (κ1) is 26.9. The van der Waals surface area contributed by atoms with Gasteiger partial charge in [0.2, 0.25) is 5.91 Å². The number of carbonyl (C=O) groups excluding carboxylic acids is 1. The molecule has 0 N–H and O–H groups in total. The Balaban J connectivity index is 1.43. The van der Waals surface area contributed by atoms with Gasteiger partial charge in [0.25, 0.3) is 0 Å². The predicted molar refractivity (Wildman–Crippen MR) is 157 cm³/mol. The zero-order valence-electron chi connectivity index (χ0n) is 23.9. The average Bonchev–Trinajstić information content (AvgIpc) is 3.24. The molecule has 1 aliphatic rings. The van der Waals surface area contributed by atoms with E-state index in [0.717, 1.165) is 53.6 Å². The van der Waals surface area contributed by atoms with E-state index in [-0.39, 0.29) is 11.3 Å². The number of piperazine rings is 1. The number of fused-ring (bicyclic) bond motifs is 1. The number of carbonyl (C=O) groups is 1. The molecular weight excluding hydrogens is 484 g/mol. The first-order valence-corrected chi connectivity index (χ1v) is 14.1. The summed E-state index contributed by atoms with van der Waals surface area (Å²) < 4.78 is 1.93. The normalized spacial score (nSPS) is 15.1. The topological polar surface area (TPSA) is 67.2 Å². The first-order chi connectivity index (χ1) is 18.7. The van der Waals surface area contributed by atoms with E-state index in [4.69, 9.17) is 15.1 Å². The van der Waals surface area contributed by atoms with Gasteiger partial charge in [-0.3, -0.25) is 4.79 Å². The molecule has 1 atom stereocenters. The molecule has 0 aliphatic carbocycles. The Hall–Kier alpha value is -3.74. The van der Waals surface area contributed by atoms with E-state index >= 15 is 0 Å². The van der Waals surface area contributed by atoms with Crippen LogP contribution in [-0.2, 0) is 11.2 Å². The molecule has 0 radical (unpaired) electrons. The maximum atomic E-state index is 13.1. The van der Waals surface area contributed by atoms with Gasteiger partial charge in [-0.1, -0.05) is 76.2 Å². The van der Waals surface area contributed by atoms with Gasteiger partial charge in [0.05, 0.1) is 16.8 Å². The Morgan fingerprint density at radius 2 is 1.56 bits per heavy atom. The van der Waals surface area contributed by atoms with Crippen LogP contribution in [-0.4, -0.2) is 56.7 Å². The fraction of sp³-hybridized carbons (Fsp3) is 0.438. The van der Waals surface area contributed by atoms with Crippen LogP contribution in [0.2, 0.25) is 0 Å². The molecule has 2 aromatic carbocycles. The molecule has 3 heterocycles. The van der Waals surface area contributed by atoms with Crippen LogP contribution in [0.15, 0.2) is 60.7 Å². The van der Waals surface area contributed by atoms with Gasteiger partial charge in [-0.2, -0.15) is 5.10 Å². The van der Waals surface area contributed by atoms with Gasteiger partial charge in [0.1, 0.15) is 11.6 Å². The van der Waals surface area contributed by atoms with E-state index in [9.17, 15) is 4.79 Å². The van der Waals surface area contributed by atoms with E-state index in [1.54, 1.807) is 0 Å². The van der Waals surface area contributed by atoms with E-state index < -0.39 is 0 Å². The average molecular weight is 525 g/mol. The minimum Gasteiger partial charge on any atom is -0.352 e. The quantitative estimate of drug-likeness (QED) is 0.305. The number of hydrogen-bond donors (Lipinski definition) is 0. The molecule has 39 heavy (non-hydrogen) atoms. The summed E-state index contributed by atoms with van der Waals surface area (Å²) in [6.07, 6.45) is 2.30. The zero-order valence-corrected chi connectivity index (χ0v) is 23.9. The van der Waals surface area contributed by atoms with Crippen molar-refractivity contribution in [3.63, 3.8) is 0 Å². The molecule has 7 nitrogen and oxygen atoms in total. The zero-order chi connectivity index (χ0) is 27.6. The summed E-state index contributed by atoms with van der Waals surface area (Å²) in [5, 5.41) is 5.87. The summed E-state index contributed by atoms with van der Waals surface area (Å²) in [4.78, 5) is 27.6. The number of nitrogens with zero attached hydrogens (tertiary/aromatic N) is 6. The van der Waals surface area contributed by atoms with Crippen LogP contribution in [0.3, 0.4) is 0 Å². The van der Waals surface area contributed by atoms with Crippen molar-refractivity contribution in [2.24, 2.45) is 11.3 Å². The highest BCUT2D eigenvalue weighted by Gasteiger charge is 2.27. The van der Waals surface area contributed by atoms with Crippen molar-refractivity contribution in [2.45, 2.75) is 53.9 Å². The van der Waals surface area contributed by atoms with Crippen LogP contribution in [0.5, 0.6) is 0 Å². The minimum absolute atomic E-state index is 0.232. The maximum Gasteiger partial charge on any atom is 0.222 e. The van der Waals surface area contributed by atoms with Crippen LogP contribution in [0.1, 0.15) is 57.6 Å². The Morgan fingerprint density at radius 1 is 0.923 bits per heavy atom. The number of aromatic nitrogens is 4. The Bertz CT molecular complexity index is 1420. The number of rotatable bonds is 7. The Labute approximate surface area is 231 Å². The molecule has 5 rings (SSSR count). The number of amides is 1. The maximum absolute atomic E-state index is 13.1. The standard InChI is InChI=1S/C32H40N6O/c1-23(22-32(3,4)5)20-28(39)36-16-18-37(19-17-36)30-29-24(2)35-38(26-14-10-7-11-15-26)31(29)34-27(33-30)21-25-12-8-6-9-13-25/h6-15,23H,16-22H2,1-5H3. The highest BCUT2D eigenvalue weighted by Crippen LogP contribution is 2.31. The Morgan fingerprint density at radius 3 is 2.21 bits per heavy atom. The van der Waals surface area contributed by atoms with Crippen molar-refractivity contribution in [2.75, 3.05) is 31.1 Å². The lowest BCUT2D eigenvalue weighted by atomic mass is 9.84. The van der Waals surface area contributed by atoms with Gasteiger partial charge in [-0.15, -0.1) is 0 Å². The third kappa shape index (κ3) is 6.29. The molecule has 0 saturated carbocycles. The van der Waals surface area contributed by atoms with Gasteiger partial charge < -0.3 is 9.80 Å².